The number of amides is 2. The number of benzene rings is 2. The summed E-state index contributed by atoms with van der Waals surface area (Å²) >= 11 is 0. The summed E-state index contributed by atoms with van der Waals surface area (Å²) in [5.74, 6) is 0.679. The molecule has 0 saturated carbocycles. The number of nitrogens with one attached hydrogen (secondary N) is 1. The summed E-state index contributed by atoms with van der Waals surface area (Å²) in [7, 11) is 0. The van der Waals surface area contributed by atoms with E-state index >= 15 is 0 Å². The smallest absolute Gasteiger partial charge is 0.258 e. The molecule has 2 aromatic carbocycles. The van der Waals surface area contributed by atoms with Crippen LogP contribution in [0, 0.1) is 0 Å². The van der Waals surface area contributed by atoms with Gasteiger partial charge in [-0.05, 0) is 31.0 Å². The Morgan fingerprint density at radius 3 is 2.62 bits per heavy atom. The zero-order valence-corrected chi connectivity index (χ0v) is 18.2. The van der Waals surface area contributed by atoms with E-state index in [4.69, 9.17) is 4.74 Å². The monoisotopic (exact) mass is 432 g/mol. The third-order valence-electron chi connectivity index (χ3n) is 5.58. The first-order valence-electron chi connectivity index (χ1n) is 11.1. The van der Waals surface area contributed by atoms with Gasteiger partial charge in [-0.3, -0.25) is 9.59 Å². The van der Waals surface area contributed by atoms with Crippen LogP contribution in [-0.2, 0) is 11.3 Å². The molecule has 2 amide bonds. The van der Waals surface area contributed by atoms with Gasteiger partial charge in [0.25, 0.3) is 5.91 Å². The van der Waals surface area contributed by atoms with Gasteiger partial charge in [-0.15, -0.1) is 0 Å². The van der Waals surface area contributed by atoms with E-state index in [1.54, 1.807) is 29.6 Å². The van der Waals surface area contributed by atoms with E-state index < -0.39 is 6.04 Å². The minimum atomic E-state index is -0.772. The molecule has 2 heterocycles. The van der Waals surface area contributed by atoms with Crippen LogP contribution in [0.3, 0.4) is 0 Å². The fraction of sp³-hybridized carbons (Fsp3) is 0.320. The Kier molecular flexibility index (Phi) is 6.84. The van der Waals surface area contributed by atoms with Crippen LogP contribution >= 0.6 is 0 Å². The number of unbranched alkanes of at least 4 members (excludes halogenated alkanes) is 1. The Morgan fingerprint density at radius 2 is 1.84 bits per heavy atom. The van der Waals surface area contributed by atoms with Gasteiger partial charge < -0.3 is 19.5 Å². The Bertz CT molecular complexity index is 1060. The lowest BCUT2D eigenvalue weighted by Crippen LogP contribution is -2.45. The lowest BCUT2D eigenvalue weighted by Gasteiger charge is -2.34. The van der Waals surface area contributed by atoms with Gasteiger partial charge in [0.05, 0.1) is 11.9 Å². The van der Waals surface area contributed by atoms with Crippen molar-refractivity contribution in [1.82, 2.24) is 19.8 Å². The van der Waals surface area contributed by atoms with Gasteiger partial charge in [0.2, 0.25) is 5.91 Å². The van der Waals surface area contributed by atoms with Crippen LogP contribution in [0.15, 0.2) is 67.3 Å². The van der Waals surface area contributed by atoms with Gasteiger partial charge in [0.15, 0.2) is 0 Å². The molecular weight excluding hydrogens is 404 g/mol. The average molecular weight is 433 g/mol. The largest absolute Gasteiger partial charge is 0.456 e. The molecule has 0 aliphatic carbocycles. The van der Waals surface area contributed by atoms with Crippen LogP contribution in [0.4, 0.5) is 0 Å². The number of fused-ring (bicyclic) bond motifs is 2. The van der Waals surface area contributed by atoms with E-state index in [1.807, 2.05) is 47.2 Å². The molecule has 0 saturated heterocycles. The summed E-state index contributed by atoms with van der Waals surface area (Å²) < 4.78 is 8.10. The third kappa shape index (κ3) is 4.66. The number of aryl methyl sites for hydroxylation is 1. The highest BCUT2D eigenvalue weighted by atomic mass is 16.5. The Morgan fingerprint density at radius 1 is 1.06 bits per heavy atom. The molecule has 1 aliphatic rings. The molecule has 7 nitrogen and oxygen atoms in total. The Hall–Kier alpha value is -3.61. The van der Waals surface area contributed by atoms with Crippen LogP contribution in [0.5, 0.6) is 11.5 Å². The number of para-hydroxylation sites is 2. The molecular formula is C25H28N4O3. The van der Waals surface area contributed by atoms with Crippen LogP contribution in [0.2, 0.25) is 0 Å². The first-order chi connectivity index (χ1) is 15.7. The lowest BCUT2D eigenvalue weighted by atomic mass is 9.99. The van der Waals surface area contributed by atoms with Crippen molar-refractivity contribution >= 4 is 11.8 Å². The molecule has 0 fully saturated rings. The summed E-state index contributed by atoms with van der Waals surface area (Å²) in [5, 5.41) is 3.02. The highest BCUT2D eigenvalue weighted by Crippen LogP contribution is 2.38. The molecule has 0 radical (unpaired) electrons. The maximum absolute atomic E-state index is 13.7. The topological polar surface area (TPSA) is 76.5 Å². The molecule has 1 unspecified atom stereocenters. The van der Waals surface area contributed by atoms with E-state index in [-0.39, 0.29) is 11.8 Å². The number of nitrogens with zero attached hydrogens (tertiary/aromatic N) is 3. The maximum Gasteiger partial charge on any atom is 0.258 e. The number of ether oxygens (including phenoxy) is 1. The molecule has 32 heavy (non-hydrogen) atoms. The molecule has 0 bridgehead atoms. The quantitative estimate of drug-likeness (QED) is 0.542. The van der Waals surface area contributed by atoms with Gasteiger partial charge in [0, 0.05) is 37.6 Å². The third-order valence-corrected chi connectivity index (χ3v) is 5.58. The van der Waals surface area contributed by atoms with Crippen molar-refractivity contribution in [3.05, 3.63) is 78.4 Å². The second-order valence-electron chi connectivity index (χ2n) is 7.84. The first kappa shape index (κ1) is 21.6. The van der Waals surface area contributed by atoms with Crippen molar-refractivity contribution in [2.45, 2.75) is 38.8 Å². The standard InChI is InChI=1S/C25H28N4O3/c1-2-3-13-27-24(30)23-19-9-4-6-11-21(19)32-22-12-7-5-10-20(22)25(31)29(23)16-8-15-28-17-14-26-18-28/h4-7,9-12,14,17-18,23H,2-3,8,13,15-16H2,1H3,(H,27,30). The maximum atomic E-state index is 13.7. The molecule has 7 heteroatoms. The normalized spacial score (nSPS) is 15.2. The average Bonchev–Trinajstić information content (AvgIpc) is 3.32. The van der Waals surface area contributed by atoms with Crippen molar-refractivity contribution in [1.29, 1.82) is 0 Å². The number of hydrogen-bond donors (Lipinski definition) is 1. The van der Waals surface area contributed by atoms with Crippen LogP contribution < -0.4 is 10.1 Å². The number of aromatic nitrogens is 2. The van der Waals surface area contributed by atoms with Gasteiger partial charge >= 0.3 is 0 Å². The van der Waals surface area contributed by atoms with E-state index in [0.717, 1.165) is 12.8 Å². The number of rotatable bonds is 8. The summed E-state index contributed by atoms with van der Waals surface area (Å²) in [6, 6.07) is 13.9. The zero-order chi connectivity index (χ0) is 22.3. The van der Waals surface area contributed by atoms with Gasteiger partial charge in [-0.25, -0.2) is 4.98 Å². The molecule has 3 aromatic rings. The van der Waals surface area contributed by atoms with Crippen LogP contribution in [0.25, 0.3) is 0 Å². The Labute approximate surface area is 188 Å². The second-order valence-corrected chi connectivity index (χ2v) is 7.84. The number of carbonyl (C=O) groups excluding carboxylic acids is 2. The van der Waals surface area contributed by atoms with Crippen molar-refractivity contribution in [2.24, 2.45) is 0 Å². The SMILES string of the molecule is CCCCNC(=O)C1c2ccccc2Oc2ccccc2C(=O)N1CCCn1ccnc1. The molecule has 0 spiro atoms. The Balaban J connectivity index is 1.71. The zero-order valence-electron chi connectivity index (χ0n) is 18.2. The van der Waals surface area contributed by atoms with E-state index in [0.29, 0.717) is 48.7 Å². The molecule has 1 N–H and O–H groups in total. The van der Waals surface area contributed by atoms with Crippen LogP contribution in [0.1, 0.15) is 48.1 Å². The number of carbonyl (C=O) groups is 2. The minimum Gasteiger partial charge on any atom is -0.456 e. The van der Waals surface area contributed by atoms with Crippen molar-refractivity contribution < 1.29 is 14.3 Å². The number of imidazole rings is 1. The predicted octanol–water partition coefficient (Wildman–Crippen LogP) is 4.18. The van der Waals surface area contributed by atoms with Crippen molar-refractivity contribution in [3.8, 4) is 11.5 Å². The van der Waals surface area contributed by atoms with Gasteiger partial charge in [0.1, 0.15) is 17.5 Å². The molecule has 4 rings (SSSR count). The van der Waals surface area contributed by atoms with Crippen LogP contribution in [-0.4, -0.2) is 39.4 Å². The first-order valence-corrected chi connectivity index (χ1v) is 11.1. The molecule has 1 atom stereocenters. The van der Waals surface area contributed by atoms with E-state index in [9.17, 15) is 9.59 Å². The highest BCUT2D eigenvalue weighted by Gasteiger charge is 2.36. The van der Waals surface area contributed by atoms with Crippen molar-refractivity contribution in [3.63, 3.8) is 0 Å². The number of hydrogen-bond acceptors (Lipinski definition) is 4. The summed E-state index contributed by atoms with van der Waals surface area (Å²) in [6.45, 7) is 3.77. The van der Waals surface area contributed by atoms with Crippen molar-refractivity contribution in [2.75, 3.05) is 13.1 Å². The second kappa shape index (κ2) is 10.1. The summed E-state index contributed by atoms with van der Waals surface area (Å²) in [5.41, 5.74) is 1.14. The van der Waals surface area contributed by atoms with E-state index in [1.165, 1.54) is 0 Å². The fourth-order valence-electron chi connectivity index (χ4n) is 3.93. The molecule has 1 aromatic heterocycles. The summed E-state index contributed by atoms with van der Waals surface area (Å²) in [4.78, 5) is 32.8. The molecule has 1 aliphatic heterocycles. The van der Waals surface area contributed by atoms with Gasteiger partial charge in [-0.1, -0.05) is 43.7 Å². The fourth-order valence-corrected chi connectivity index (χ4v) is 3.93. The summed E-state index contributed by atoms with van der Waals surface area (Å²) in [6.07, 6.45) is 7.92. The van der Waals surface area contributed by atoms with E-state index in [2.05, 4.69) is 17.2 Å². The highest BCUT2D eigenvalue weighted by molar-refractivity contribution is 6.00. The lowest BCUT2D eigenvalue weighted by molar-refractivity contribution is -0.126. The molecule has 166 valence electrons. The predicted molar refractivity (Wildman–Crippen MR) is 121 cm³/mol. The minimum absolute atomic E-state index is 0.190. The van der Waals surface area contributed by atoms with Gasteiger partial charge in [-0.2, -0.15) is 0 Å².